The predicted molar refractivity (Wildman–Crippen MR) is 99.9 cm³/mol. The second-order valence-electron chi connectivity index (χ2n) is 7.52. The van der Waals surface area contributed by atoms with Crippen molar-refractivity contribution in [2.24, 2.45) is 5.92 Å². The average molecular weight is 357 g/mol. The fourth-order valence-electron chi connectivity index (χ4n) is 3.83. The highest BCUT2D eigenvalue weighted by atomic mass is 16.4. The summed E-state index contributed by atoms with van der Waals surface area (Å²) in [6, 6.07) is 3.74. The number of carboxylic acids is 1. The van der Waals surface area contributed by atoms with Crippen molar-refractivity contribution in [3.05, 3.63) is 34.1 Å². The van der Waals surface area contributed by atoms with Crippen LogP contribution in [0.2, 0.25) is 0 Å². The number of aromatic carboxylic acids is 1. The third-order valence-electron chi connectivity index (χ3n) is 5.55. The fraction of sp³-hybridized carbons (Fsp3) is 0.474. The quantitative estimate of drug-likeness (QED) is 0.723. The van der Waals surface area contributed by atoms with E-state index in [4.69, 9.17) is 5.73 Å². The summed E-state index contributed by atoms with van der Waals surface area (Å²) < 4.78 is 1.91. The van der Waals surface area contributed by atoms with Crippen LogP contribution in [-0.2, 0) is 0 Å². The first-order chi connectivity index (χ1) is 12.4. The molecule has 2 atom stereocenters. The van der Waals surface area contributed by atoms with Gasteiger partial charge in [-0.25, -0.2) is 4.79 Å². The molecular weight excluding hydrogens is 334 g/mol. The van der Waals surface area contributed by atoms with E-state index in [0.717, 1.165) is 24.0 Å². The molecular formula is C19H23N3O4. The number of anilines is 2. The van der Waals surface area contributed by atoms with Crippen LogP contribution in [0.5, 0.6) is 0 Å². The molecule has 1 aliphatic heterocycles. The van der Waals surface area contributed by atoms with Crippen LogP contribution in [0.25, 0.3) is 10.9 Å². The van der Waals surface area contributed by atoms with Crippen molar-refractivity contribution >= 4 is 28.2 Å². The van der Waals surface area contributed by atoms with Crippen LogP contribution >= 0.6 is 0 Å². The van der Waals surface area contributed by atoms with Crippen molar-refractivity contribution in [3.63, 3.8) is 0 Å². The number of piperidine rings is 1. The fourth-order valence-corrected chi connectivity index (χ4v) is 3.83. The number of nitrogen functional groups attached to an aromatic ring is 1. The number of hydrogen-bond acceptors (Lipinski definition) is 5. The van der Waals surface area contributed by atoms with Gasteiger partial charge < -0.3 is 25.4 Å². The SMILES string of the molecule is CC1CN(c2cc3c(cc2N)c(=O)c(C(=O)O)cn3C2CC2)CCC1O. The highest BCUT2D eigenvalue weighted by molar-refractivity contribution is 5.96. The number of aromatic nitrogens is 1. The van der Waals surface area contributed by atoms with Crippen LogP contribution in [0, 0.1) is 5.92 Å². The number of nitrogens with zero attached hydrogens (tertiary/aromatic N) is 2. The number of hydrogen-bond donors (Lipinski definition) is 3. The number of benzene rings is 1. The number of aliphatic hydroxyl groups is 1. The van der Waals surface area contributed by atoms with Crippen molar-refractivity contribution < 1.29 is 15.0 Å². The molecule has 2 heterocycles. The summed E-state index contributed by atoms with van der Waals surface area (Å²) in [5.74, 6) is -1.08. The van der Waals surface area contributed by atoms with Gasteiger partial charge in [0.05, 0.1) is 23.0 Å². The van der Waals surface area contributed by atoms with Gasteiger partial charge in [-0.3, -0.25) is 4.79 Å². The molecule has 4 rings (SSSR count). The maximum atomic E-state index is 12.6. The van der Waals surface area contributed by atoms with Crippen LogP contribution in [0.15, 0.2) is 23.1 Å². The molecule has 26 heavy (non-hydrogen) atoms. The first-order valence-electron chi connectivity index (χ1n) is 9.01. The van der Waals surface area contributed by atoms with E-state index < -0.39 is 11.4 Å². The number of fused-ring (bicyclic) bond motifs is 1. The molecule has 2 fully saturated rings. The second-order valence-corrected chi connectivity index (χ2v) is 7.52. The van der Waals surface area contributed by atoms with Gasteiger partial charge >= 0.3 is 5.97 Å². The Kier molecular flexibility index (Phi) is 3.91. The topological polar surface area (TPSA) is 109 Å². The van der Waals surface area contributed by atoms with Crippen LogP contribution in [0.1, 0.15) is 42.6 Å². The molecule has 1 aliphatic carbocycles. The molecule has 0 radical (unpaired) electrons. The zero-order chi connectivity index (χ0) is 18.6. The van der Waals surface area contributed by atoms with E-state index in [1.165, 1.54) is 6.20 Å². The minimum atomic E-state index is -1.22. The van der Waals surface area contributed by atoms with Gasteiger partial charge in [-0.1, -0.05) is 6.92 Å². The first kappa shape index (κ1) is 16.9. The minimum Gasteiger partial charge on any atom is -0.477 e. The summed E-state index contributed by atoms with van der Waals surface area (Å²) in [6.07, 6.45) is 3.78. The molecule has 2 unspecified atom stereocenters. The Labute approximate surface area is 150 Å². The van der Waals surface area contributed by atoms with Gasteiger partial charge in [0, 0.05) is 30.7 Å². The Balaban J connectivity index is 1.88. The molecule has 7 nitrogen and oxygen atoms in total. The molecule has 4 N–H and O–H groups in total. The van der Waals surface area contributed by atoms with Crippen molar-refractivity contribution in [1.82, 2.24) is 4.57 Å². The lowest BCUT2D eigenvalue weighted by Crippen LogP contribution is -2.42. The molecule has 2 aliphatic rings. The summed E-state index contributed by atoms with van der Waals surface area (Å²) >= 11 is 0. The summed E-state index contributed by atoms with van der Waals surface area (Å²) in [4.78, 5) is 26.2. The molecule has 1 aromatic heterocycles. The maximum absolute atomic E-state index is 12.6. The summed E-state index contributed by atoms with van der Waals surface area (Å²) in [7, 11) is 0. The first-order valence-corrected chi connectivity index (χ1v) is 9.01. The minimum absolute atomic E-state index is 0.138. The molecule has 1 saturated heterocycles. The number of rotatable bonds is 3. The number of nitrogens with two attached hydrogens (primary N) is 1. The van der Waals surface area contributed by atoms with Crippen molar-refractivity contribution in [1.29, 1.82) is 0 Å². The normalized spacial score (nSPS) is 23.4. The van der Waals surface area contributed by atoms with Crippen LogP contribution in [-0.4, -0.2) is 39.9 Å². The monoisotopic (exact) mass is 357 g/mol. The number of carbonyl (C=O) groups is 1. The standard InChI is InChI=1S/C19H23N3O4/c1-10-8-21(5-4-17(10)23)16-7-15-12(6-14(16)20)18(24)13(19(25)26)9-22(15)11-2-3-11/h6-7,9-11,17,23H,2-5,8,20H2,1H3,(H,25,26). The highest BCUT2D eigenvalue weighted by Crippen LogP contribution is 2.39. The van der Waals surface area contributed by atoms with Gasteiger partial charge in [-0.15, -0.1) is 0 Å². The van der Waals surface area contributed by atoms with Gasteiger partial charge in [0.2, 0.25) is 5.43 Å². The largest absolute Gasteiger partial charge is 0.477 e. The van der Waals surface area contributed by atoms with Gasteiger partial charge in [0.25, 0.3) is 0 Å². The zero-order valence-corrected chi connectivity index (χ0v) is 14.7. The molecule has 1 aromatic carbocycles. The van der Waals surface area contributed by atoms with Crippen LogP contribution in [0.3, 0.4) is 0 Å². The average Bonchev–Trinajstić information content (AvgIpc) is 3.42. The zero-order valence-electron chi connectivity index (χ0n) is 14.7. The Morgan fingerprint density at radius 2 is 2.00 bits per heavy atom. The molecule has 2 aromatic rings. The predicted octanol–water partition coefficient (Wildman–Crippen LogP) is 1.82. The molecule has 0 spiro atoms. The summed E-state index contributed by atoms with van der Waals surface area (Å²) in [5.41, 5.74) is 7.55. The Hall–Kier alpha value is -2.54. The molecule has 138 valence electrons. The molecule has 0 amide bonds. The van der Waals surface area contributed by atoms with Gasteiger partial charge in [0.15, 0.2) is 0 Å². The Morgan fingerprint density at radius 3 is 2.62 bits per heavy atom. The molecule has 7 heteroatoms. The van der Waals surface area contributed by atoms with E-state index in [1.54, 1.807) is 6.07 Å². The van der Waals surface area contributed by atoms with E-state index in [-0.39, 0.29) is 23.6 Å². The van der Waals surface area contributed by atoms with E-state index in [1.807, 2.05) is 17.6 Å². The third-order valence-corrected chi connectivity index (χ3v) is 5.55. The second kappa shape index (κ2) is 6.02. The van der Waals surface area contributed by atoms with E-state index in [9.17, 15) is 19.8 Å². The van der Waals surface area contributed by atoms with Gasteiger partial charge in [-0.2, -0.15) is 0 Å². The van der Waals surface area contributed by atoms with Crippen molar-refractivity contribution in [2.75, 3.05) is 23.7 Å². The Bertz CT molecular complexity index is 948. The summed E-state index contributed by atoms with van der Waals surface area (Å²) in [6.45, 7) is 3.40. The van der Waals surface area contributed by atoms with Gasteiger partial charge in [-0.05, 0) is 37.3 Å². The number of pyridine rings is 1. The van der Waals surface area contributed by atoms with E-state index >= 15 is 0 Å². The highest BCUT2D eigenvalue weighted by Gasteiger charge is 2.29. The lowest BCUT2D eigenvalue weighted by molar-refractivity contribution is 0.0695. The van der Waals surface area contributed by atoms with Crippen molar-refractivity contribution in [3.8, 4) is 0 Å². The van der Waals surface area contributed by atoms with E-state index in [0.29, 0.717) is 30.6 Å². The Morgan fingerprint density at radius 1 is 1.27 bits per heavy atom. The number of aliphatic hydroxyl groups excluding tert-OH is 1. The lowest BCUT2D eigenvalue weighted by atomic mass is 9.96. The third kappa shape index (κ3) is 2.72. The van der Waals surface area contributed by atoms with Crippen molar-refractivity contribution in [2.45, 2.75) is 38.3 Å². The smallest absolute Gasteiger partial charge is 0.341 e. The van der Waals surface area contributed by atoms with Gasteiger partial charge in [0.1, 0.15) is 5.56 Å². The maximum Gasteiger partial charge on any atom is 0.341 e. The van der Waals surface area contributed by atoms with E-state index in [2.05, 4.69) is 4.90 Å². The number of carboxylic acid groups (broad SMARTS) is 1. The molecule has 1 saturated carbocycles. The molecule has 0 bridgehead atoms. The summed E-state index contributed by atoms with van der Waals surface area (Å²) in [5, 5.41) is 19.7. The van der Waals surface area contributed by atoms with Crippen LogP contribution < -0.4 is 16.1 Å². The lowest BCUT2D eigenvalue weighted by Gasteiger charge is -2.36. The van der Waals surface area contributed by atoms with Crippen LogP contribution in [0.4, 0.5) is 11.4 Å².